The number of carbonyl (C=O) groups is 1. The van der Waals surface area contributed by atoms with Crippen molar-refractivity contribution in [2.24, 2.45) is 5.92 Å². The average Bonchev–Trinajstić information content (AvgIpc) is 2.78. The minimum Gasteiger partial charge on any atom is -0.354 e. The van der Waals surface area contributed by atoms with Gasteiger partial charge in [-0.1, -0.05) is 56.5 Å². The summed E-state index contributed by atoms with van der Waals surface area (Å²) in [5.74, 6) is 0.513. The first-order valence-electron chi connectivity index (χ1n) is 8.83. The summed E-state index contributed by atoms with van der Waals surface area (Å²) in [5, 5.41) is 3.91. The summed E-state index contributed by atoms with van der Waals surface area (Å²) < 4.78 is 0. The predicted molar refractivity (Wildman–Crippen MR) is 96.7 cm³/mol. The van der Waals surface area contributed by atoms with Crippen molar-refractivity contribution in [2.45, 2.75) is 52.0 Å². The highest BCUT2D eigenvalue weighted by Gasteiger charge is 2.23. The third kappa shape index (κ3) is 5.82. The lowest BCUT2D eigenvalue weighted by atomic mass is 10.0. The van der Waals surface area contributed by atoms with Crippen LogP contribution >= 0.6 is 11.6 Å². The highest BCUT2D eigenvalue weighted by atomic mass is 35.5. The Labute approximate surface area is 145 Å². The largest absolute Gasteiger partial charge is 0.354 e. The molecule has 1 atom stereocenters. The number of likely N-dealkylation sites (tertiary alicyclic amines) is 1. The van der Waals surface area contributed by atoms with E-state index in [2.05, 4.69) is 30.1 Å². The van der Waals surface area contributed by atoms with Crippen molar-refractivity contribution in [3.05, 3.63) is 34.9 Å². The van der Waals surface area contributed by atoms with Crippen LogP contribution in [0, 0.1) is 5.92 Å². The van der Waals surface area contributed by atoms with Gasteiger partial charge < -0.3 is 5.32 Å². The Kier molecular flexibility index (Phi) is 7.38. The third-order valence-corrected chi connectivity index (χ3v) is 4.78. The second kappa shape index (κ2) is 9.29. The molecule has 2 rings (SSSR count). The van der Waals surface area contributed by atoms with E-state index in [1.54, 1.807) is 0 Å². The molecule has 1 fully saturated rings. The summed E-state index contributed by atoms with van der Waals surface area (Å²) in [7, 11) is 0. The summed E-state index contributed by atoms with van der Waals surface area (Å²) in [6.45, 7) is 6.93. The summed E-state index contributed by atoms with van der Waals surface area (Å²) in [5.41, 5.74) is 1.13. The number of hydrogen-bond donors (Lipinski definition) is 1. The van der Waals surface area contributed by atoms with Crippen LogP contribution in [0.4, 0.5) is 0 Å². The van der Waals surface area contributed by atoms with Gasteiger partial charge in [0.25, 0.3) is 0 Å². The van der Waals surface area contributed by atoms with Crippen molar-refractivity contribution in [3.8, 4) is 0 Å². The van der Waals surface area contributed by atoms with Gasteiger partial charge in [-0.3, -0.25) is 9.69 Å². The smallest absolute Gasteiger partial charge is 0.220 e. The summed E-state index contributed by atoms with van der Waals surface area (Å²) in [6, 6.07) is 8.19. The lowest BCUT2D eigenvalue weighted by Crippen LogP contribution is -2.39. The normalized spacial score (nSPS) is 17.7. The molecule has 1 amide bonds. The molecule has 0 aromatic heterocycles. The Morgan fingerprint density at radius 2 is 1.83 bits per heavy atom. The van der Waals surface area contributed by atoms with E-state index in [9.17, 15) is 4.79 Å². The maximum absolute atomic E-state index is 12.1. The molecule has 0 saturated carbocycles. The molecule has 1 aliphatic heterocycles. The minimum absolute atomic E-state index is 0.131. The van der Waals surface area contributed by atoms with Crippen LogP contribution in [0.5, 0.6) is 0 Å². The first kappa shape index (κ1) is 18.3. The first-order chi connectivity index (χ1) is 11.1. The van der Waals surface area contributed by atoms with Crippen molar-refractivity contribution in [3.63, 3.8) is 0 Å². The summed E-state index contributed by atoms with van der Waals surface area (Å²) in [4.78, 5) is 14.6. The molecule has 128 valence electrons. The molecule has 0 aliphatic carbocycles. The number of nitrogens with one attached hydrogen (secondary N) is 1. The molecule has 1 heterocycles. The zero-order chi connectivity index (χ0) is 16.7. The Morgan fingerprint density at radius 3 is 2.43 bits per heavy atom. The molecule has 0 bridgehead atoms. The fraction of sp³-hybridized carbons (Fsp3) is 0.632. The van der Waals surface area contributed by atoms with Gasteiger partial charge in [-0.25, -0.2) is 0 Å². The molecule has 0 spiro atoms. The van der Waals surface area contributed by atoms with Crippen molar-refractivity contribution >= 4 is 17.5 Å². The van der Waals surface area contributed by atoms with Crippen LogP contribution < -0.4 is 5.32 Å². The van der Waals surface area contributed by atoms with Crippen LogP contribution in [0.3, 0.4) is 0 Å². The molecule has 1 N–H and O–H groups in total. The Balaban J connectivity index is 2.11. The topological polar surface area (TPSA) is 32.3 Å². The van der Waals surface area contributed by atoms with Crippen LogP contribution in [-0.2, 0) is 4.79 Å². The number of amides is 1. The predicted octanol–water partition coefficient (Wildman–Crippen LogP) is 4.42. The number of halogens is 1. The van der Waals surface area contributed by atoms with Gasteiger partial charge in [0.05, 0.1) is 6.04 Å². The van der Waals surface area contributed by atoms with E-state index in [1.165, 1.54) is 25.7 Å². The molecule has 23 heavy (non-hydrogen) atoms. The van der Waals surface area contributed by atoms with E-state index in [1.807, 2.05) is 18.2 Å². The first-order valence-corrected chi connectivity index (χ1v) is 9.21. The van der Waals surface area contributed by atoms with E-state index < -0.39 is 0 Å². The van der Waals surface area contributed by atoms with Gasteiger partial charge in [-0.2, -0.15) is 0 Å². The van der Waals surface area contributed by atoms with E-state index in [4.69, 9.17) is 11.6 Å². The van der Waals surface area contributed by atoms with Crippen molar-refractivity contribution in [1.82, 2.24) is 10.2 Å². The van der Waals surface area contributed by atoms with Gasteiger partial charge in [0.1, 0.15) is 0 Å². The molecule has 1 saturated heterocycles. The van der Waals surface area contributed by atoms with Crippen molar-refractivity contribution in [2.75, 3.05) is 19.6 Å². The fourth-order valence-electron chi connectivity index (χ4n) is 3.24. The molecule has 1 aromatic carbocycles. The van der Waals surface area contributed by atoms with Gasteiger partial charge in [0, 0.05) is 18.0 Å². The molecule has 1 aromatic rings. The highest BCUT2D eigenvalue weighted by molar-refractivity contribution is 6.31. The molecule has 0 radical (unpaired) electrons. The van der Waals surface area contributed by atoms with E-state index in [0.29, 0.717) is 18.9 Å². The number of hydrogen-bond acceptors (Lipinski definition) is 2. The second-order valence-corrected chi connectivity index (χ2v) is 7.30. The van der Waals surface area contributed by atoms with Gasteiger partial charge in [0.2, 0.25) is 5.91 Å². The van der Waals surface area contributed by atoms with E-state index in [0.717, 1.165) is 23.7 Å². The fourth-order valence-corrected chi connectivity index (χ4v) is 3.50. The average molecular weight is 337 g/mol. The van der Waals surface area contributed by atoms with E-state index in [-0.39, 0.29) is 11.9 Å². The van der Waals surface area contributed by atoms with Crippen molar-refractivity contribution < 1.29 is 4.79 Å². The van der Waals surface area contributed by atoms with Gasteiger partial charge in [-0.15, -0.1) is 0 Å². The molecule has 1 aliphatic rings. The number of carbonyl (C=O) groups excluding carboxylic acids is 1. The highest BCUT2D eigenvalue weighted by Crippen LogP contribution is 2.29. The van der Waals surface area contributed by atoms with Crippen LogP contribution in [0.15, 0.2) is 24.3 Å². The standard InChI is InChI=1S/C19H29ClN2O/c1-15(2)13-19(23)21-14-18(16-9-5-6-10-17(16)20)22-11-7-3-4-8-12-22/h5-6,9-10,15,18H,3-4,7-8,11-14H2,1-2H3,(H,21,23). The van der Waals surface area contributed by atoms with E-state index >= 15 is 0 Å². The second-order valence-electron chi connectivity index (χ2n) is 6.89. The molecule has 1 unspecified atom stereocenters. The summed E-state index contributed by atoms with van der Waals surface area (Å²) >= 11 is 6.44. The molecular formula is C19H29ClN2O. The maximum atomic E-state index is 12.1. The zero-order valence-electron chi connectivity index (χ0n) is 14.4. The number of nitrogens with zero attached hydrogens (tertiary/aromatic N) is 1. The van der Waals surface area contributed by atoms with Crippen LogP contribution in [-0.4, -0.2) is 30.4 Å². The van der Waals surface area contributed by atoms with Crippen LogP contribution in [0.2, 0.25) is 5.02 Å². The SMILES string of the molecule is CC(C)CC(=O)NCC(c1ccccc1Cl)N1CCCCCC1. The third-order valence-electron chi connectivity index (χ3n) is 4.43. The Morgan fingerprint density at radius 1 is 1.17 bits per heavy atom. The number of rotatable bonds is 6. The molecule has 4 heteroatoms. The monoisotopic (exact) mass is 336 g/mol. The summed E-state index contributed by atoms with van der Waals surface area (Å²) in [6.07, 6.45) is 5.62. The molecular weight excluding hydrogens is 308 g/mol. The van der Waals surface area contributed by atoms with Gasteiger partial charge >= 0.3 is 0 Å². The van der Waals surface area contributed by atoms with Crippen LogP contribution in [0.25, 0.3) is 0 Å². The maximum Gasteiger partial charge on any atom is 0.220 e. The Bertz CT molecular complexity index is 496. The Hall–Kier alpha value is -1.06. The lowest BCUT2D eigenvalue weighted by Gasteiger charge is -2.32. The van der Waals surface area contributed by atoms with Gasteiger partial charge in [0.15, 0.2) is 0 Å². The number of benzene rings is 1. The van der Waals surface area contributed by atoms with Crippen molar-refractivity contribution in [1.29, 1.82) is 0 Å². The minimum atomic E-state index is 0.131. The molecule has 3 nitrogen and oxygen atoms in total. The zero-order valence-corrected chi connectivity index (χ0v) is 15.1. The van der Waals surface area contributed by atoms with Gasteiger partial charge in [-0.05, 0) is 43.5 Å². The quantitative estimate of drug-likeness (QED) is 0.834. The lowest BCUT2D eigenvalue weighted by molar-refractivity contribution is -0.122. The van der Waals surface area contributed by atoms with Crippen LogP contribution in [0.1, 0.15) is 57.6 Å².